The summed E-state index contributed by atoms with van der Waals surface area (Å²) in [6.45, 7) is 5.28. The zero-order valence-corrected chi connectivity index (χ0v) is 16.2. The molecule has 2 fully saturated rings. The number of H-pyrrole nitrogens is 1. The summed E-state index contributed by atoms with van der Waals surface area (Å²) in [5, 5.41) is 6.59. The second kappa shape index (κ2) is 7.67. The first kappa shape index (κ1) is 19.9. The van der Waals surface area contributed by atoms with Crippen LogP contribution in [0.1, 0.15) is 33.4 Å². The van der Waals surface area contributed by atoms with Crippen LogP contribution in [0.3, 0.4) is 0 Å². The van der Waals surface area contributed by atoms with Gasteiger partial charge in [-0.15, -0.1) is 0 Å². The zero-order chi connectivity index (χ0) is 19.8. The van der Waals surface area contributed by atoms with Crippen molar-refractivity contribution in [1.82, 2.24) is 19.9 Å². The number of hydrogen-bond acceptors (Lipinski definition) is 8. The molecule has 150 valence electrons. The quantitative estimate of drug-likeness (QED) is 0.513. The Morgan fingerprint density at radius 2 is 2.30 bits per heavy atom. The molecule has 12 heteroatoms. The van der Waals surface area contributed by atoms with Gasteiger partial charge >= 0.3 is 11.7 Å². The molecule has 0 radical (unpaired) electrons. The second-order valence-corrected chi connectivity index (χ2v) is 8.93. The standard InChI is InChI=1S/C15H23N4O7P/c1-4-24-14(21)9(3)18-27(23)6-5-10-12(26-27)8(2)13(25-10)19-15(22)17-11(20)7-16-19/h7-10,12-13H,4-6H2,1-3H3,(H,18,23)(H,17,20,22)/t8-,9+,10?,12+,13?,27?/m1/s1. The van der Waals surface area contributed by atoms with Crippen molar-refractivity contribution >= 4 is 13.5 Å². The highest BCUT2D eigenvalue weighted by molar-refractivity contribution is 7.57. The minimum absolute atomic E-state index is 0.186. The van der Waals surface area contributed by atoms with E-state index in [4.69, 9.17) is 14.0 Å². The molecule has 6 atom stereocenters. The van der Waals surface area contributed by atoms with Gasteiger partial charge in [0.05, 0.1) is 18.8 Å². The third-order valence-electron chi connectivity index (χ3n) is 4.66. The van der Waals surface area contributed by atoms with Gasteiger partial charge in [-0.2, -0.15) is 9.78 Å². The maximum absolute atomic E-state index is 13.1. The van der Waals surface area contributed by atoms with E-state index in [1.807, 2.05) is 0 Å². The number of nitrogens with one attached hydrogen (secondary N) is 2. The Hall–Kier alpha value is -1.81. The Balaban J connectivity index is 1.74. The SMILES string of the molecule is CCOC(=O)[C@H](C)NP1(=O)CCC2OC(n3ncc(=O)[nH]c3=O)[C@H](C)[C@@H]2O1. The predicted octanol–water partition coefficient (Wildman–Crippen LogP) is -0.0117. The second-order valence-electron chi connectivity index (χ2n) is 6.67. The minimum Gasteiger partial charge on any atom is -0.465 e. The zero-order valence-electron chi connectivity index (χ0n) is 15.3. The summed E-state index contributed by atoms with van der Waals surface area (Å²) in [4.78, 5) is 37.1. The number of esters is 1. The average molecular weight is 402 g/mol. The van der Waals surface area contributed by atoms with E-state index in [0.29, 0.717) is 6.42 Å². The fourth-order valence-electron chi connectivity index (χ4n) is 3.36. The molecule has 0 aliphatic carbocycles. The fourth-order valence-corrected chi connectivity index (χ4v) is 5.66. The van der Waals surface area contributed by atoms with Gasteiger partial charge in [0, 0.05) is 12.1 Å². The van der Waals surface area contributed by atoms with Crippen LogP contribution >= 0.6 is 7.52 Å². The number of rotatable bonds is 5. The Morgan fingerprint density at radius 3 is 2.96 bits per heavy atom. The topological polar surface area (TPSA) is 142 Å². The number of fused-ring (bicyclic) bond motifs is 1. The van der Waals surface area contributed by atoms with Crippen molar-refractivity contribution in [2.45, 2.75) is 51.7 Å². The maximum Gasteiger partial charge on any atom is 0.347 e. The average Bonchev–Trinajstić information content (AvgIpc) is 2.91. The minimum atomic E-state index is -3.29. The van der Waals surface area contributed by atoms with Crippen LogP contribution in [0.4, 0.5) is 0 Å². The first-order chi connectivity index (χ1) is 12.7. The van der Waals surface area contributed by atoms with Crippen molar-refractivity contribution in [3.8, 4) is 0 Å². The van der Waals surface area contributed by atoms with Crippen molar-refractivity contribution in [3.63, 3.8) is 0 Å². The smallest absolute Gasteiger partial charge is 0.347 e. The molecule has 0 spiro atoms. The molecule has 2 N–H and O–H groups in total. The summed E-state index contributed by atoms with van der Waals surface area (Å²) in [6.07, 6.45) is -0.0504. The molecule has 2 aliphatic rings. The van der Waals surface area contributed by atoms with Gasteiger partial charge in [-0.3, -0.25) is 19.1 Å². The highest BCUT2D eigenvalue weighted by Crippen LogP contribution is 2.54. The number of carbonyl (C=O) groups is 1. The molecule has 0 saturated carbocycles. The lowest BCUT2D eigenvalue weighted by Crippen LogP contribution is -2.41. The number of nitrogens with zero attached hydrogens (tertiary/aromatic N) is 2. The molecule has 0 aromatic carbocycles. The highest BCUT2D eigenvalue weighted by Gasteiger charge is 2.51. The van der Waals surface area contributed by atoms with Crippen molar-refractivity contribution < 1.29 is 23.4 Å². The Labute approximate surface area is 154 Å². The van der Waals surface area contributed by atoms with Crippen molar-refractivity contribution in [3.05, 3.63) is 27.0 Å². The summed E-state index contributed by atoms with van der Waals surface area (Å²) in [5.41, 5.74) is -1.28. The third-order valence-corrected chi connectivity index (χ3v) is 6.87. The van der Waals surface area contributed by atoms with Crippen LogP contribution in [0.25, 0.3) is 0 Å². The van der Waals surface area contributed by atoms with E-state index in [9.17, 15) is 18.9 Å². The molecule has 2 saturated heterocycles. The van der Waals surface area contributed by atoms with Crippen molar-refractivity contribution in [1.29, 1.82) is 0 Å². The van der Waals surface area contributed by atoms with Crippen LogP contribution in [0.5, 0.6) is 0 Å². The number of hydrogen-bond donors (Lipinski definition) is 2. The normalized spacial score (nSPS) is 34.0. The van der Waals surface area contributed by atoms with Crippen molar-refractivity contribution in [2.75, 3.05) is 12.8 Å². The van der Waals surface area contributed by atoms with Crippen molar-refractivity contribution in [2.24, 2.45) is 5.92 Å². The predicted molar refractivity (Wildman–Crippen MR) is 93.4 cm³/mol. The van der Waals surface area contributed by atoms with Gasteiger partial charge in [-0.05, 0) is 20.3 Å². The molecule has 3 heterocycles. The molecule has 3 rings (SSSR count). The van der Waals surface area contributed by atoms with Gasteiger partial charge < -0.3 is 14.0 Å². The number of aromatic nitrogens is 3. The summed E-state index contributed by atoms with van der Waals surface area (Å²) in [7, 11) is -3.29. The molecule has 2 aliphatic heterocycles. The van der Waals surface area contributed by atoms with E-state index >= 15 is 0 Å². The largest absolute Gasteiger partial charge is 0.465 e. The molecular formula is C15H23N4O7P. The summed E-state index contributed by atoms with van der Waals surface area (Å²) in [5.74, 6) is -0.851. The van der Waals surface area contributed by atoms with Crippen LogP contribution in [-0.2, 0) is 23.4 Å². The monoisotopic (exact) mass is 402 g/mol. The van der Waals surface area contributed by atoms with E-state index in [1.165, 1.54) is 0 Å². The van der Waals surface area contributed by atoms with Gasteiger partial charge in [-0.1, -0.05) is 6.92 Å². The Bertz CT molecular complexity index is 868. The van der Waals surface area contributed by atoms with Gasteiger partial charge in [0.15, 0.2) is 6.23 Å². The number of aromatic amines is 1. The Kier molecular flexibility index (Phi) is 5.66. The summed E-state index contributed by atoms with van der Waals surface area (Å²) >= 11 is 0. The summed E-state index contributed by atoms with van der Waals surface area (Å²) in [6, 6.07) is -0.774. The molecule has 0 amide bonds. The molecule has 1 aromatic heterocycles. The first-order valence-electron chi connectivity index (χ1n) is 8.79. The molecule has 0 bridgehead atoms. The third kappa shape index (κ3) is 4.06. The van der Waals surface area contributed by atoms with Crippen LogP contribution in [-0.4, -0.2) is 51.8 Å². The van der Waals surface area contributed by atoms with Crippen LogP contribution < -0.4 is 16.3 Å². The van der Waals surface area contributed by atoms with Gasteiger partial charge in [0.25, 0.3) is 13.1 Å². The molecule has 11 nitrogen and oxygen atoms in total. The Morgan fingerprint density at radius 1 is 1.56 bits per heavy atom. The van der Waals surface area contributed by atoms with Gasteiger partial charge in [0.1, 0.15) is 12.2 Å². The van der Waals surface area contributed by atoms with Crippen LogP contribution in [0, 0.1) is 5.92 Å². The van der Waals surface area contributed by atoms with Gasteiger partial charge in [0.2, 0.25) is 0 Å². The highest BCUT2D eigenvalue weighted by atomic mass is 31.2. The maximum atomic E-state index is 13.1. The van der Waals surface area contributed by atoms with E-state index < -0.39 is 43.1 Å². The molecule has 1 aromatic rings. The molecule has 3 unspecified atom stereocenters. The lowest BCUT2D eigenvalue weighted by molar-refractivity contribution is -0.144. The van der Waals surface area contributed by atoms with E-state index in [0.717, 1.165) is 10.9 Å². The summed E-state index contributed by atoms with van der Waals surface area (Å²) < 4.78 is 30.7. The van der Waals surface area contributed by atoms with E-state index in [2.05, 4.69) is 15.2 Å². The number of carbonyl (C=O) groups excluding carboxylic acids is 1. The lowest BCUT2D eigenvalue weighted by atomic mass is 10.0. The fraction of sp³-hybridized carbons (Fsp3) is 0.733. The number of ether oxygens (including phenoxy) is 2. The van der Waals surface area contributed by atoms with Crippen LogP contribution in [0.2, 0.25) is 0 Å². The first-order valence-corrected chi connectivity index (χ1v) is 10.6. The lowest BCUT2D eigenvalue weighted by Gasteiger charge is -2.34. The van der Waals surface area contributed by atoms with Gasteiger partial charge in [-0.25, -0.2) is 9.88 Å². The van der Waals surface area contributed by atoms with E-state index in [1.54, 1.807) is 20.8 Å². The molecule has 27 heavy (non-hydrogen) atoms. The van der Waals surface area contributed by atoms with E-state index in [-0.39, 0.29) is 24.8 Å². The molecular weight excluding hydrogens is 379 g/mol. The van der Waals surface area contributed by atoms with Crippen LogP contribution in [0.15, 0.2) is 15.8 Å².